The van der Waals surface area contributed by atoms with Gasteiger partial charge in [-0.15, -0.1) is 0 Å². The van der Waals surface area contributed by atoms with E-state index in [0.717, 1.165) is 12.1 Å². The Balaban J connectivity index is 2.52. The third kappa shape index (κ3) is 2.60. The van der Waals surface area contributed by atoms with Crippen LogP contribution in [-0.2, 0) is 10.7 Å². The van der Waals surface area contributed by atoms with Crippen molar-refractivity contribution in [3.8, 4) is 11.3 Å². The second-order valence-electron chi connectivity index (χ2n) is 3.91. The number of carbonyl (C=O) groups is 1. The monoisotopic (exact) mass is 301 g/mol. The van der Waals surface area contributed by atoms with Gasteiger partial charge in [0.1, 0.15) is 11.5 Å². The van der Waals surface area contributed by atoms with Crippen LogP contribution in [0.25, 0.3) is 11.3 Å². The van der Waals surface area contributed by atoms with Crippen LogP contribution in [0.5, 0.6) is 0 Å². The minimum absolute atomic E-state index is 0.0440. The maximum absolute atomic E-state index is 13.7. The first-order valence-corrected chi connectivity index (χ1v) is 5.74. The van der Waals surface area contributed by atoms with Crippen molar-refractivity contribution in [2.24, 2.45) is 0 Å². The molecule has 20 heavy (non-hydrogen) atoms. The summed E-state index contributed by atoms with van der Waals surface area (Å²) in [5.41, 5.74) is -1.10. The number of hydrogen-bond acceptors (Lipinski definition) is 2. The SMILES string of the molecule is O=C(O)C(F)(F)c1cccc(-c2ccc(Cl)cc2F)n1. The molecule has 0 aliphatic heterocycles. The Morgan fingerprint density at radius 2 is 1.95 bits per heavy atom. The predicted octanol–water partition coefficient (Wildman–Crippen LogP) is 3.72. The summed E-state index contributed by atoms with van der Waals surface area (Å²) in [6.45, 7) is 0. The third-order valence-corrected chi connectivity index (χ3v) is 2.78. The number of nitrogens with zero attached hydrogens (tertiary/aromatic N) is 1. The molecule has 0 radical (unpaired) electrons. The molecule has 0 aliphatic rings. The van der Waals surface area contributed by atoms with Gasteiger partial charge in [-0.1, -0.05) is 17.7 Å². The van der Waals surface area contributed by atoms with Crippen molar-refractivity contribution in [1.29, 1.82) is 0 Å². The van der Waals surface area contributed by atoms with E-state index in [2.05, 4.69) is 4.98 Å². The summed E-state index contributed by atoms with van der Waals surface area (Å²) in [4.78, 5) is 14.0. The van der Waals surface area contributed by atoms with Gasteiger partial charge >= 0.3 is 11.9 Å². The number of aromatic nitrogens is 1. The zero-order valence-corrected chi connectivity index (χ0v) is 10.5. The molecule has 3 nitrogen and oxygen atoms in total. The van der Waals surface area contributed by atoms with E-state index in [9.17, 15) is 18.0 Å². The molecule has 7 heteroatoms. The van der Waals surface area contributed by atoms with Crippen molar-refractivity contribution in [1.82, 2.24) is 4.98 Å². The third-order valence-electron chi connectivity index (χ3n) is 2.55. The van der Waals surface area contributed by atoms with Gasteiger partial charge in [-0.2, -0.15) is 8.78 Å². The normalized spacial score (nSPS) is 11.4. The van der Waals surface area contributed by atoms with Gasteiger partial charge in [-0.3, -0.25) is 0 Å². The number of halogens is 4. The highest BCUT2D eigenvalue weighted by molar-refractivity contribution is 6.30. The number of benzene rings is 1. The minimum Gasteiger partial charge on any atom is -0.476 e. The Kier molecular flexibility index (Phi) is 3.67. The van der Waals surface area contributed by atoms with E-state index in [1.54, 1.807) is 0 Å². The number of alkyl halides is 2. The molecule has 1 aromatic heterocycles. The molecule has 2 aromatic rings. The van der Waals surface area contributed by atoms with E-state index in [1.165, 1.54) is 24.3 Å². The number of rotatable bonds is 3. The molecule has 2 rings (SSSR count). The number of carboxylic acid groups (broad SMARTS) is 1. The van der Waals surface area contributed by atoms with Crippen LogP contribution in [0.2, 0.25) is 5.02 Å². The first-order valence-electron chi connectivity index (χ1n) is 5.36. The average Bonchev–Trinajstić information content (AvgIpc) is 2.38. The highest BCUT2D eigenvalue weighted by atomic mass is 35.5. The van der Waals surface area contributed by atoms with E-state index >= 15 is 0 Å². The molecule has 1 aromatic carbocycles. The summed E-state index contributed by atoms with van der Waals surface area (Å²) in [6, 6.07) is 7.02. The standard InChI is InChI=1S/C13H7ClF3NO2/c14-7-4-5-8(9(15)6-7)10-2-1-3-11(18-10)13(16,17)12(19)20/h1-6H,(H,19,20). The predicted molar refractivity (Wildman–Crippen MR) is 66.2 cm³/mol. The summed E-state index contributed by atoms with van der Waals surface area (Å²) in [6.07, 6.45) is 0. The summed E-state index contributed by atoms with van der Waals surface area (Å²) in [5, 5.41) is 8.62. The van der Waals surface area contributed by atoms with Crippen molar-refractivity contribution >= 4 is 17.6 Å². The quantitative estimate of drug-likeness (QED) is 0.940. The highest BCUT2D eigenvalue weighted by Crippen LogP contribution is 2.30. The summed E-state index contributed by atoms with van der Waals surface area (Å²) in [7, 11) is 0. The van der Waals surface area contributed by atoms with Crippen molar-refractivity contribution in [2.45, 2.75) is 5.92 Å². The molecule has 1 N–H and O–H groups in total. The van der Waals surface area contributed by atoms with Crippen LogP contribution < -0.4 is 0 Å². The van der Waals surface area contributed by atoms with Crippen molar-refractivity contribution < 1.29 is 23.1 Å². The Morgan fingerprint density at radius 1 is 1.25 bits per heavy atom. The molecule has 0 atom stereocenters. The van der Waals surface area contributed by atoms with Crippen LogP contribution in [0, 0.1) is 5.82 Å². The molecule has 0 saturated heterocycles. The molecule has 0 unspecified atom stereocenters. The Hall–Kier alpha value is -2.08. The lowest BCUT2D eigenvalue weighted by Crippen LogP contribution is -2.26. The number of pyridine rings is 1. The number of carboxylic acids is 1. The maximum atomic E-state index is 13.7. The van der Waals surface area contributed by atoms with Crippen molar-refractivity contribution in [3.63, 3.8) is 0 Å². The fraction of sp³-hybridized carbons (Fsp3) is 0.0769. The van der Waals surface area contributed by atoms with Gasteiger partial charge in [-0.25, -0.2) is 14.2 Å². The molecule has 0 aliphatic carbocycles. The van der Waals surface area contributed by atoms with E-state index in [0.29, 0.717) is 0 Å². The van der Waals surface area contributed by atoms with E-state index in [4.69, 9.17) is 16.7 Å². The van der Waals surface area contributed by atoms with Gasteiger partial charge < -0.3 is 5.11 Å². The van der Waals surface area contributed by atoms with Gasteiger partial charge in [0.25, 0.3) is 0 Å². The van der Waals surface area contributed by atoms with Gasteiger partial charge in [-0.05, 0) is 30.3 Å². The fourth-order valence-electron chi connectivity index (χ4n) is 1.57. The first kappa shape index (κ1) is 14.3. The molecule has 0 amide bonds. The van der Waals surface area contributed by atoms with E-state index < -0.39 is 23.4 Å². The van der Waals surface area contributed by atoms with Gasteiger partial charge in [0.05, 0.1) is 5.69 Å². The summed E-state index contributed by atoms with van der Waals surface area (Å²) in [5.74, 6) is -7.20. The lowest BCUT2D eigenvalue weighted by molar-refractivity contribution is -0.166. The molecule has 0 fully saturated rings. The van der Waals surface area contributed by atoms with Crippen LogP contribution in [-0.4, -0.2) is 16.1 Å². The number of hydrogen-bond donors (Lipinski definition) is 1. The lowest BCUT2D eigenvalue weighted by atomic mass is 10.1. The molecule has 0 saturated carbocycles. The smallest absolute Gasteiger partial charge is 0.384 e. The minimum atomic E-state index is -4.14. The average molecular weight is 302 g/mol. The molecule has 1 heterocycles. The molecular weight excluding hydrogens is 295 g/mol. The van der Waals surface area contributed by atoms with Gasteiger partial charge in [0.2, 0.25) is 0 Å². The summed E-state index contributed by atoms with van der Waals surface area (Å²) < 4.78 is 40.4. The zero-order chi connectivity index (χ0) is 14.9. The second kappa shape index (κ2) is 5.13. The highest BCUT2D eigenvalue weighted by Gasteiger charge is 2.42. The molecule has 0 spiro atoms. The lowest BCUT2D eigenvalue weighted by Gasteiger charge is -2.12. The van der Waals surface area contributed by atoms with Crippen LogP contribution >= 0.6 is 11.6 Å². The molecule has 0 bridgehead atoms. The van der Waals surface area contributed by atoms with Crippen molar-refractivity contribution in [2.75, 3.05) is 0 Å². The molecular formula is C13H7ClF3NO2. The van der Waals surface area contributed by atoms with Crippen molar-refractivity contribution in [3.05, 3.63) is 52.9 Å². The fourth-order valence-corrected chi connectivity index (χ4v) is 1.73. The van der Waals surface area contributed by atoms with Crippen LogP contribution in [0.1, 0.15) is 5.69 Å². The topological polar surface area (TPSA) is 50.2 Å². The van der Waals surface area contributed by atoms with Crippen LogP contribution in [0.15, 0.2) is 36.4 Å². The van der Waals surface area contributed by atoms with E-state index in [-0.39, 0.29) is 16.3 Å². The zero-order valence-electron chi connectivity index (χ0n) is 9.78. The Bertz CT molecular complexity index is 676. The van der Waals surface area contributed by atoms with Gasteiger partial charge in [0.15, 0.2) is 0 Å². The number of aliphatic carboxylic acids is 1. The summed E-state index contributed by atoms with van der Waals surface area (Å²) >= 11 is 5.59. The Labute approximate surface area is 116 Å². The second-order valence-corrected chi connectivity index (χ2v) is 4.35. The molecule has 104 valence electrons. The largest absolute Gasteiger partial charge is 0.476 e. The van der Waals surface area contributed by atoms with E-state index in [1.807, 2.05) is 0 Å². The Morgan fingerprint density at radius 3 is 2.55 bits per heavy atom. The first-order chi connectivity index (χ1) is 9.32. The van der Waals surface area contributed by atoms with Crippen LogP contribution in [0.4, 0.5) is 13.2 Å². The maximum Gasteiger partial charge on any atom is 0.384 e. The van der Waals surface area contributed by atoms with Crippen LogP contribution in [0.3, 0.4) is 0 Å². The van der Waals surface area contributed by atoms with Gasteiger partial charge in [0, 0.05) is 10.6 Å².